The van der Waals surface area contributed by atoms with Gasteiger partial charge in [-0.1, -0.05) is 60.7 Å². The molecular formula is C23H26N4O. The minimum absolute atomic E-state index is 0.0286. The van der Waals surface area contributed by atoms with Gasteiger partial charge in [0.05, 0.1) is 6.04 Å². The molecule has 0 aliphatic heterocycles. The standard InChI is InChI=1S/C23H26N4O/c1-17-16-18(2)26-23(25-17)24-15-9-14-21(28)27-22(19-10-5-3-6-11-19)20-12-7-4-8-13-20/h3-8,10-13,16,22H,9,14-15H2,1-2H3,(H,27,28)(H,24,25,26). The van der Waals surface area contributed by atoms with E-state index in [-0.39, 0.29) is 11.9 Å². The van der Waals surface area contributed by atoms with Crippen LogP contribution in [0.5, 0.6) is 0 Å². The second-order valence-corrected chi connectivity index (χ2v) is 6.83. The van der Waals surface area contributed by atoms with Crippen LogP contribution in [0.25, 0.3) is 0 Å². The number of carbonyl (C=O) groups is 1. The van der Waals surface area contributed by atoms with Gasteiger partial charge in [-0.25, -0.2) is 9.97 Å². The van der Waals surface area contributed by atoms with E-state index in [0.717, 1.165) is 22.5 Å². The molecule has 0 unspecified atom stereocenters. The van der Waals surface area contributed by atoms with Gasteiger partial charge in [0.1, 0.15) is 0 Å². The molecule has 144 valence electrons. The summed E-state index contributed by atoms with van der Waals surface area (Å²) < 4.78 is 0. The summed E-state index contributed by atoms with van der Waals surface area (Å²) in [6, 6.07) is 21.9. The Bertz CT molecular complexity index is 837. The quantitative estimate of drug-likeness (QED) is 0.580. The van der Waals surface area contributed by atoms with E-state index in [2.05, 4.69) is 20.6 Å². The number of amides is 1. The lowest BCUT2D eigenvalue weighted by molar-refractivity contribution is -0.121. The first-order chi connectivity index (χ1) is 13.6. The Morgan fingerprint density at radius 2 is 1.43 bits per heavy atom. The van der Waals surface area contributed by atoms with Gasteiger partial charge >= 0.3 is 0 Å². The molecule has 0 saturated heterocycles. The third-order valence-electron chi connectivity index (χ3n) is 4.42. The zero-order valence-electron chi connectivity index (χ0n) is 16.4. The van der Waals surface area contributed by atoms with Gasteiger partial charge in [-0.2, -0.15) is 0 Å². The molecule has 0 fully saturated rings. The van der Waals surface area contributed by atoms with E-state index < -0.39 is 0 Å². The number of aryl methyl sites for hydroxylation is 2. The lowest BCUT2D eigenvalue weighted by Gasteiger charge is -2.20. The number of nitrogens with one attached hydrogen (secondary N) is 2. The third kappa shape index (κ3) is 5.64. The fourth-order valence-electron chi connectivity index (χ4n) is 3.14. The monoisotopic (exact) mass is 374 g/mol. The van der Waals surface area contributed by atoms with Gasteiger partial charge in [0.25, 0.3) is 0 Å². The van der Waals surface area contributed by atoms with Crippen molar-refractivity contribution in [2.24, 2.45) is 0 Å². The van der Waals surface area contributed by atoms with Crippen LogP contribution in [0.3, 0.4) is 0 Å². The van der Waals surface area contributed by atoms with Crippen LogP contribution < -0.4 is 10.6 Å². The van der Waals surface area contributed by atoms with Gasteiger partial charge in [-0.05, 0) is 37.5 Å². The number of nitrogens with zero attached hydrogens (tertiary/aromatic N) is 2. The fraction of sp³-hybridized carbons (Fsp3) is 0.261. The van der Waals surface area contributed by atoms with E-state index in [4.69, 9.17) is 0 Å². The Morgan fingerprint density at radius 1 is 0.893 bits per heavy atom. The first kappa shape index (κ1) is 19.5. The van der Waals surface area contributed by atoms with Crippen molar-refractivity contribution in [3.63, 3.8) is 0 Å². The Kier molecular flexibility index (Phi) is 6.73. The number of anilines is 1. The molecule has 5 heteroatoms. The minimum Gasteiger partial charge on any atom is -0.354 e. The van der Waals surface area contributed by atoms with Gasteiger partial charge in [0.15, 0.2) is 0 Å². The fourth-order valence-corrected chi connectivity index (χ4v) is 3.14. The van der Waals surface area contributed by atoms with Gasteiger partial charge in [0, 0.05) is 24.4 Å². The van der Waals surface area contributed by atoms with Crippen LogP contribution in [-0.4, -0.2) is 22.4 Å². The van der Waals surface area contributed by atoms with Crippen LogP contribution in [0.15, 0.2) is 66.7 Å². The van der Waals surface area contributed by atoms with Crippen molar-refractivity contribution in [2.45, 2.75) is 32.7 Å². The zero-order chi connectivity index (χ0) is 19.8. The van der Waals surface area contributed by atoms with E-state index >= 15 is 0 Å². The molecular weight excluding hydrogens is 348 g/mol. The second-order valence-electron chi connectivity index (χ2n) is 6.83. The SMILES string of the molecule is Cc1cc(C)nc(NCCCC(=O)NC(c2ccccc2)c2ccccc2)n1. The highest BCUT2D eigenvalue weighted by Gasteiger charge is 2.16. The molecule has 0 radical (unpaired) electrons. The molecule has 1 amide bonds. The number of carbonyl (C=O) groups excluding carboxylic acids is 1. The molecule has 28 heavy (non-hydrogen) atoms. The van der Waals surface area contributed by atoms with Crippen molar-refractivity contribution < 1.29 is 4.79 Å². The topological polar surface area (TPSA) is 66.9 Å². The van der Waals surface area contributed by atoms with Crippen molar-refractivity contribution in [1.29, 1.82) is 0 Å². The molecule has 0 aliphatic rings. The maximum absolute atomic E-state index is 12.5. The molecule has 0 saturated carbocycles. The summed E-state index contributed by atoms with van der Waals surface area (Å²) in [6.45, 7) is 4.54. The number of benzene rings is 2. The Balaban J connectivity index is 1.55. The molecule has 3 aromatic rings. The Morgan fingerprint density at radius 3 is 1.96 bits per heavy atom. The van der Waals surface area contributed by atoms with E-state index in [0.29, 0.717) is 25.3 Å². The van der Waals surface area contributed by atoms with Crippen molar-refractivity contribution in [2.75, 3.05) is 11.9 Å². The summed E-state index contributed by atoms with van der Waals surface area (Å²) in [7, 11) is 0. The van der Waals surface area contributed by atoms with E-state index in [1.54, 1.807) is 0 Å². The normalized spacial score (nSPS) is 10.7. The third-order valence-corrected chi connectivity index (χ3v) is 4.42. The van der Waals surface area contributed by atoms with Gasteiger partial charge in [0.2, 0.25) is 11.9 Å². The summed E-state index contributed by atoms with van der Waals surface area (Å²) >= 11 is 0. The summed E-state index contributed by atoms with van der Waals surface area (Å²) in [6.07, 6.45) is 1.15. The Hall–Kier alpha value is -3.21. The molecule has 0 atom stereocenters. The second kappa shape index (κ2) is 9.65. The van der Waals surface area contributed by atoms with E-state index in [9.17, 15) is 4.79 Å². The van der Waals surface area contributed by atoms with Crippen molar-refractivity contribution in [1.82, 2.24) is 15.3 Å². The number of aromatic nitrogens is 2. The molecule has 0 bridgehead atoms. The molecule has 5 nitrogen and oxygen atoms in total. The predicted molar refractivity (Wildman–Crippen MR) is 112 cm³/mol. The molecule has 0 spiro atoms. The van der Waals surface area contributed by atoms with Gasteiger partial charge < -0.3 is 10.6 Å². The zero-order valence-corrected chi connectivity index (χ0v) is 16.4. The van der Waals surface area contributed by atoms with Gasteiger partial charge in [-0.3, -0.25) is 4.79 Å². The maximum Gasteiger partial charge on any atom is 0.223 e. The summed E-state index contributed by atoms with van der Waals surface area (Å²) in [5.41, 5.74) is 4.01. The Labute approximate surface area is 166 Å². The smallest absolute Gasteiger partial charge is 0.223 e. The average molecular weight is 374 g/mol. The summed E-state index contributed by atoms with van der Waals surface area (Å²) in [5.74, 6) is 0.644. The largest absolute Gasteiger partial charge is 0.354 e. The van der Waals surface area contributed by atoms with E-state index in [1.807, 2.05) is 80.6 Å². The molecule has 0 aliphatic carbocycles. The number of hydrogen-bond donors (Lipinski definition) is 2. The molecule has 1 heterocycles. The van der Waals surface area contributed by atoms with Crippen molar-refractivity contribution >= 4 is 11.9 Å². The van der Waals surface area contributed by atoms with Crippen LogP contribution in [0.4, 0.5) is 5.95 Å². The maximum atomic E-state index is 12.5. The van der Waals surface area contributed by atoms with Crippen molar-refractivity contribution in [3.8, 4) is 0 Å². The van der Waals surface area contributed by atoms with Crippen molar-refractivity contribution in [3.05, 3.63) is 89.2 Å². The average Bonchev–Trinajstić information content (AvgIpc) is 2.70. The highest BCUT2D eigenvalue weighted by Crippen LogP contribution is 2.21. The van der Waals surface area contributed by atoms with E-state index in [1.165, 1.54) is 0 Å². The molecule has 3 rings (SSSR count). The van der Waals surface area contributed by atoms with Gasteiger partial charge in [-0.15, -0.1) is 0 Å². The lowest BCUT2D eigenvalue weighted by atomic mass is 9.98. The number of rotatable bonds is 8. The van der Waals surface area contributed by atoms with Crippen LogP contribution >= 0.6 is 0 Å². The van der Waals surface area contributed by atoms with Crippen LogP contribution in [0.2, 0.25) is 0 Å². The molecule has 1 aromatic heterocycles. The summed E-state index contributed by atoms with van der Waals surface area (Å²) in [5, 5.41) is 6.36. The first-order valence-corrected chi connectivity index (χ1v) is 9.57. The highest BCUT2D eigenvalue weighted by atomic mass is 16.1. The highest BCUT2D eigenvalue weighted by molar-refractivity contribution is 5.77. The number of hydrogen-bond acceptors (Lipinski definition) is 4. The minimum atomic E-state index is -0.148. The molecule has 2 N–H and O–H groups in total. The first-order valence-electron chi connectivity index (χ1n) is 9.57. The van der Waals surface area contributed by atoms with Crippen LogP contribution in [0, 0.1) is 13.8 Å². The summed E-state index contributed by atoms with van der Waals surface area (Å²) in [4.78, 5) is 21.3. The lowest BCUT2D eigenvalue weighted by Crippen LogP contribution is -2.29. The van der Waals surface area contributed by atoms with Crippen LogP contribution in [0.1, 0.15) is 41.4 Å². The molecule has 2 aromatic carbocycles. The van der Waals surface area contributed by atoms with Crippen LogP contribution in [-0.2, 0) is 4.79 Å². The predicted octanol–water partition coefficient (Wildman–Crippen LogP) is 4.19.